The summed E-state index contributed by atoms with van der Waals surface area (Å²) in [4.78, 5) is 11.9. The second-order valence-electron chi connectivity index (χ2n) is 5.79. The molecule has 2 aromatic carbocycles. The van der Waals surface area contributed by atoms with E-state index in [2.05, 4.69) is 17.4 Å². The predicted octanol–water partition coefficient (Wildman–Crippen LogP) is 2.32. The molecule has 0 aliphatic carbocycles. The molecule has 0 spiro atoms. The number of ether oxygens (including phenoxy) is 1. The highest BCUT2D eigenvalue weighted by Crippen LogP contribution is 2.02. The summed E-state index contributed by atoms with van der Waals surface area (Å²) in [6, 6.07) is 19.6. The van der Waals surface area contributed by atoms with Gasteiger partial charge in [-0.3, -0.25) is 4.79 Å². The maximum absolute atomic E-state index is 11.9. The van der Waals surface area contributed by atoms with Crippen molar-refractivity contribution < 1.29 is 9.53 Å². The minimum absolute atomic E-state index is 0.108. The van der Waals surface area contributed by atoms with E-state index >= 15 is 0 Å². The molecule has 2 aromatic rings. The Morgan fingerprint density at radius 3 is 2.25 bits per heavy atom. The van der Waals surface area contributed by atoms with Crippen molar-refractivity contribution in [3.8, 4) is 0 Å². The van der Waals surface area contributed by atoms with Gasteiger partial charge in [0.1, 0.15) is 0 Å². The van der Waals surface area contributed by atoms with Crippen molar-refractivity contribution in [3.63, 3.8) is 0 Å². The molecule has 128 valence electrons. The lowest BCUT2D eigenvalue weighted by molar-refractivity contribution is -0.122. The summed E-state index contributed by atoms with van der Waals surface area (Å²) in [7, 11) is 0. The van der Waals surface area contributed by atoms with Crippen molar-refractivity contribution in [3.05, 3.63) is 71.8 Å². The minimum atomic E-state index is -0.508. The fourth-order valence-electron chi connectivity index (χ4n) is 2.41. The lowest BCUT2D eigenvalue weighted by Gasteiger charge is -2.12. The van der Waals surface area contributed by atoms with Crippen LogP contribution in [-0.2, 0) is 22.4 Å². The van der Waals surface area contributed by atoms with Gasteiger partial charge >= 0.3 is 0 Å². The number of nitrogens with two attached hydrogens (primary N) is 1. The molecule has 3 N–H and O–H groups in total. The Morgan fingerprint density at radius 1 is 0.958 bits per heavy atom. The highest BCUT2D eigenvalue weighted by molar-refractivity contribution is 5.81. The Balaban J connectivity index is 1.51. The fourth-order valence-corrected chi connectivity index (χ4v) is 2.41. The molecule has 0 bridgehead atoms. The zero-order valence-corrected chi connectivity index (χ0v) is 14.0. The quantitative estimate of drug-likeness (QED) is 0.659. The van der Waals surface area contributed by atoms with Crippen LogP contribution in [0, 0.1) is 0 Å². The van der Waals surface area contributed by atoms with E-state index in [0.29, 0.717) is 26.2 Å². The average molecular weight is 326 g/mol. The standard InChI is InChI=1S/C20H26N2O2/c21-19(16-18-10-5-2-6-11-18)20(23)22-13-7-14-24-15-12-17-8-3-1-4-9-17/h1-6,8-11,19H,7,12-16,21H2,(H,22,23)/t19-/m0/s1. The van der Waals surface area contributed by atoms with E-state index < -0.39 is 6.04 Å². The summed E-state index contributed by atoms with van der Waals surface area (Å²) >= 11 is 0. The molecule has 2 rings (SSSR count). The van der Waals surface area contributed by atoms with Crippen LogP contribution in [0.4, 0.5) is 0 Å². The third kappa shape index (κ3) is 6.94. The van der Waals surface area contributed by atoms with Gasteiger partial charge in [0.15, 0.2) is 0 Å². The molecular weight excluding hydrogens is 300 g/mol. The smallest absolute Gasteiger partial charge is 0.237 e. The minimum Gasteiger partial charge on any atom is -0.381 e. The van der Waals surface area contributed by atoms with E-state index in [4.69, 9.17) is 10.5 Å². The van der Waals surface area contributed by atoms with Crippen LogP contribution in [0.5, 0.6) is 0 Å². The van der Waals surface area contributed by atoms with Gasteiger partial charge in [-0.05, 0) is 30.4 Å². The van der Waals surface area contributed by atoms with Crippen LogP contribution in [0.1, 0.15) is 17.5 Å². The topological polar surface area (TPSA) is 64.4 Å². The van der Waals surface area contributed by atoms with E-state index in [1.807, 2.05) is 48.5 Å². The van der Waals surface area contributed by atoms with Gasteiger partial charge in [-0.25, -0.2) is 0 Å². The number of hydrogen-bond donors (Lipinski definition) is 2. The van der Waals surface area contributed by atoms with Crippen LogP contribution in [0.25, 0.3) is 0 Å². The van der Waals surface area contributed by atoms with Crippen molar-refractivity contribution in [1.82, 2.24) is 5.32 Å². The van der Waals surface area contributed by atoms with Gasteiger partial charge in [0.25, 0.3) is 0 Å². The maximum Gasteiger partial charge on any atom is 0.237 e. The summed E-state index contributed by atoms with van der Waals surface area (Å²) in [6.45, 7) is 1.93. The summed E-state index contributed by atoms with van der Waals surface area (Å²) in [5.41, 5.74) is 8.28. The second kappa shape index (κ2) is 10.6. The monoisotopic (exact) mass is 326 g/mol. The second-order valence-corrected chi connectivity index (χ2v) is 5.79. The van der Waals surface area contributed by atoms with Crippen LogP contribution >= 0.6 is 0 Å². The first-order chi connectivity index (χ1) is 11.8. The highest BCUT2D eigenvalue weighted by atomic mass is 16.5. The van der Waals surface area contributed by atoms with Crippen LogP contribution in [-0.4, -0.2) is 31.7 Å². The van der Waals surface area contributed by atoms with Crippen LogP contribution < -0.4 is 11.1 Å². The van der Waals surface area contributed by atoms with Crippen molar-refractivity contribution in [2.75, 3.05) is 19.8 Å². The summed E-state index contributed by atoms with van der Waals surface area (Å²) in [6.07, 6.45) is 2.26. The number of hydrogen-bond acceptors (Lipinski definition) is 3. The summed E-state index contributed by atoms with van der Waals surface area (Å²) in [5.74, 6) is -0.108. The van der Waals surface area contributed by atoms with E-state index in [1.54, 1.807) is 0 Å². The molecule has 0 saturated carbocycles. The maximum atomic E-state index is 11.9. The van der Waals surface area contributed by atoms with E-state index in [1.165, 1.54) is 5.56 Å². The highest BCUT2D eigenvalue weighted by Gasteiger charge is 2.12. The van der Waals surface area contributed by atoms with Crippen molar-refractivity contribution in [2.45, 2.75) is 25.3 Å². The molecule has 24 heavy (non-hydrogen) atoms. The van der Waals surface area contributed by atoms with Crippen molar-refractivity contribution >= 4 is 5.91 Å². The van der Waals surface area contributed by atoms with Crippen LogP contribution in [0.15, 0.2) is 60.7 Å². The summed E-state index contributed by atoms with van der Waals surface area (Å²) < 4.78 is 5.59. The average Bonchev–Trinajstić information content (AvgIpc) is 2.62. The predicted molar refractivity (Wildman–Crippen MR) is 96.7 cm³/mol. The van der Waals surface area contributed by atoms with E-state index in [-0.39, 0.29) is 5.91 Å². The molecule has 0 fully saturated rings. The van der Waals surface area contributed by atoms with Crippen molar-refractivity contribution in [2.24, 2.45) is 5.73 Å². The van der Waals surface area contributed by atoms with Crippen LogP contribution in [0.3, 0.4) is 0 Å². The lowest BCUT2D eigenvalue weighted by atomic mass is 10.1. The normalized spacial score (nSPS) is 11.9. The zero-order valence-electron chi connectivity index (χ0n) is 14.0. The third-order valence-corrected chi connectivity index (χ3v) is 3.78. The van der Waals surface area contributed by atoms with E-state index in [0.717, 1.165) is 18.4 Å². The summed E-state index contributed by atoms with van der Waals surface area (Å²) in [5, 5.41) is 2.87. The first kappa shape index (κ1) is 18.2. The van der Waals surface area contributed by atoms with Gasteiger partial charge in [0.2, 0.25) is 5.91 Å². The lowest BCUT2D eigenvalue weighted by Crippen LogP contribution is -2.42. The Kier molecular flexibility index (Phi) is 8.01. The molecule has 0 radical (unpaired) electrons. The molecule has 4 heteroatoms. The number of amides is 1. The molecule has 1 atom stereocenters. The molecule has 1 amide bonds. The first-order valence-electron chi connectivity index (χ1n) is 8.44. The van der Waals surface area contributed by atoms with Gasteiger partial charge in [-0.2, -0.15) is 0 Å². The number of carbonyl (C=O) groups is 1. The molecule has 4 nitrogen and oxygen atoms in total. The third-order valence-electron chi connectivity index (χ3n) is 3.78. The molecule has 0 aromatic heterocycles. The van der Waals surface area contributed by atoms with Gasteiger partial charge < -0.3 is 15.8 Å². The first-order valence-corrected chi connectivity index (χ1v) is 8.44. The largest absolute Gasteiger partial charge is 0.381 e. The van der Waals surface area contributed by atoms with Gasteiger partial charge in [-0.1, -0.05) is 60.7 Å². The SMILES string of the molecule is N[C@@H](Cc1ccccc1)C(=O)NCCCOCCc1ccccc1. The van der Waals surface area contributed by atoms with Gasteiger partial charge in [0, 0.05) is 13.2 Å². The number of benzene rings is 2. The molecule has 0 saturated heterocycles. The Morgan fingerprint density at radius 2 is 1.58 bits per heavy atom. The Bertz CT molecular complexity index is 587. The van der Waals surface area contributed by atoms with Crippen molar-refractivity contribution in [1.29, 1.82) is 0 Å². The molecule has 0 heterocycles. The molecule has 0 aliphatic heterocycles. The van der Waals surface area contributed by atoms with E-state index in [9.17, 15) is 4.79 Å². The van der Waals surface area contributed by atoms with Gasteiger partial charge in [0.05, 0.1) is 12.6 Å². The molecule has 0 aliphatic rings. The zero-order chi connectivity index (χ0) is 17.0. The Hall–Kier alpha value is -2.17. The molecule has 0 unspecified atom stereocenters. The Labute approximate surface area is 144 Å². The molecular formula is C20H26N2O2. The number of rotatable bonds is 10. The van der Waals surface area contributed by atoms with Gasteiger partial charge in [-0.15, -0.1) is 0 Å². The van der Waals surface area contributed by atoms with Crippen LogP contribution in [0.2, 0.25) is 0 Å². The fraction of sp³-hybridized carbons (Fsp3) is 0.350. The number of carbonyl (C=O) groups excluding carboxylic acids is 1. The number of nitrogens with one attached hydrogen (secondary N) is 1.